The molecule has 0 amide bonds. The highest BCUT2D eigenvalue weighted by Gasteiger charge is 2.28. The molecule has 0 atom stereocenters. The topological polar surface area (TPSA) is 90.9 Å². The quantitative estimate of drug-likeness (QED) is 0.685. The van der Waals surface area contributed by atoms with Crippen LogP contribution in [0.15, 0.2) is 34.9 Å². The molecule has 0 saturated carbocycles. The van der Waals surface area contributed by atoms with Crippen LogP contribution >= 0.6 is 0 Å². The SMILES string of the molecule is Cc1cccc(-c2nc(Cc3cc(C)no3)n(C3CCS(=O)(=O)CC3)n2)c1. The van der Waals surface area contributed by atoms with Crippen molar-refractivity contribution in [1.29, 1.82) is 0 Å². The number of hydrogen-bond acceptors (Lipinski definition) is 6. The fourth-order valence-corrected chi connectivity index (χ4v) is 4.92. The summed E-state index contributed by atoms with van der Waals surface area (Å²) in [6.45, 7) is 3.91. The van der Waals surface area contributed by atoms with Gasteiger partial charge in [0.1, 0.15) is 21.4 Å². The number of aromatic nitrogens is 4. The second-order valence-corrected chi connectivity index (χ2v) is 9.46. The molecule has 2 aromatic heterocycles. The van der Waals surface area contributed by atoms with Gasteiger partial charge in [0.15, 0.2) is 5.82 Å². The molecule has 27 heavy (non-hydrogen) atoms. The van der Waals surface area contributed by atoms with Crippen molar-refractivity contribution in [2.45, 2.75) is 39.2 Å². The standard InChI is InChI=1S/C19H22N4O3S/c1-13-4-3-5-15(10-13)19-20-18(12-17-11-14(2)22-26-17)23(21-19)16-6-8-27(24,25)9-7-16/h3-5,10-11,16H,6-9,12H2,1-2H3. The van der Waals surface area contributed by atoms with Gasteiger partial charge in [0.25, 0.3) is 0 Å². The van der Waals surface area contributed by atoms with E-state index in [0.29, 0.717) is 25.1 Å². The van der Waals surface area contributed by atoms with Gasteiger partial charge in [0.05, 0.1) is 29.7 Å². The van der Waals surface area contributed by atoms with Crippen LogP contribution in [0.1, 0.15) is 41.7 Å². The molecule has 4 rings (SSSR count). The summed E-state index contributed by atoms with van der Waals surface area (Å²) in [5.41, 5.74) is 2.91. The summed E-state index contributed by atoms with van der Waals surface area (Å²) in [4.78, 5) is 4.75. The van der Waals surface area contributed by atoms with Gasteiger partial charge < -0.3 is 4.52 Å². The van der Waals surface area contributed by atoms with E-state index in [9.17, 15) is 8.42 Å². The van der Waals surface area contributed by atoms with Gasteiger partial charge in [0.2, 0.25) is 0 Å². The summed E-state index contributed by atoms with van der Waals surface area (Å²) in [7, 11) is -2.93. The minimum atomic E-state index is -2.93. The van der Waals surface area contributed by atoms with Crippen molar-refractivity contribution in [3.63, 3.8) is 0 Å². The van der Waals surface area contributed by atoms with Crippen molar-refractivity contribution < 1.29 is 12.9 Å². The van der Waals surface area contributed by atoms with Crippen LogP contribution in [-0.2, 0) is 16.3 Å². The fraction of sp³-hybridized carbons (Fsp3) is 0.421. The van der Waals surface area contributed by atoms with Crippen LogP contribution in [0.3, 0.4) is 0 Å². The Morgan fingerprint density at radius 3 is 2.63 bits per heavy atom. The van der Waals surface area contributed by atoms with E-state index in [2.05, 4.69) is 5.16 Å². The Labute approximate surface area is 158 Å². The van der Waals surface area contributed by atoms with E-state index in [0.717, 1.165) is 28.4 Å². The smallest absolute Gasteiger partial charge is 0.181 e. The predicted octanol–water partition coefficient (Wildman–Crippen LogP) is 2.89. The minimum absolute atomic E-state index is 0.0265. The summed E-state index contributed by atoms with van der Waals surface area (Å²) in [5.74, 6) is 2.53. The van der Waals surface area contributed by atoms with Gasteiger partial charge >= 0.3 is 0 Å². The molecule has 3 heterocycles. The Balaban J connectivity index is 1.71. The van der Waals surface area contributed by atoms with Gasteiger partial charge in [-0.3, -0.25) is 0 Å². The van der Waals surface area contributed by atoms with Crippen LogP contribution in [-0.4, -0.2) is 39.8 Å². The zero-order chi connectivity index (χ0) is 19.0. The van der Waals surface area contributed by atoms with Gasteiger partial charge in [-0.2, -0.15) is 5.10 Å². The van der Waals surface area contributed by atoms with E-state index in [1.165, 1.54) is 0 Å². The van der Waals surface area contributed by atoms with Gasteiger partial charge in [0, 0.05) is 11.6 Å². The number of hydrogen-bond donors (Lipinski definition) is 0. The average molecular weight is 386 g/mol. The third kappa shape index (κ3) is 3.95. The fourth-order valence-electron chi connectivity index (χ4n) is 3.45. The lowest BCUT2D eigenvalue weighted by Gasteiger charge is -2.23. The molecular formula is C19H22N4O3S. The second-order valence-electron chi connectivity index (χ2n) is 7.16. The van der Waals surface area contributed by atoms with Crippen LogP contribution in [0, 0.1) is 13.8 Å². The summed E-state index contributed by atoms with van der Waals surface area (Å²) in [6, 6.07) is 9.96. The van der Waals surface area contributed by atoms with Crippen molar-refractivity contribution in [3.05, 3.63) is 53.2 Å². The maximum Gasteiger partial charge on any atom is 0.181 e. The number of benzene rings is 1. The molecule has 142 valence electrons. The first kappa shape index (κ1) is 17.9. The zero-order valence-electron chi connectivity index (χ0n) is 15.4. The normalized spacial score (nSPS) is 17.3. The molecule has 3 aromatic rings. The van der Waals surface area contributed by atoms with Crippen LogP contribution in [0.25, 0.3) is 11.4 Å². The Kier molecular flexibility index (Phi) is 4.59. The third-order valence-electron chi connectivity index (χ3n) is 4.86. The van der Waals surface area contributed by atoms with Crippen molar-refractivity contribution in [3.8, 4) is 11.4 Å². The molecule has 0 unspecified atom stereocenters. The first-order valence-corrected chi connectivity index (χ1v) is 10.9. The molecule has 0 spiro atoms. The predicted molar refractivity (Wildman–Crippen MR) is 101 cm³/mol. The van der Waals surface area contributed by atoms with Gasteiger partial charge in [-0.05, 0) is 32.8 Å². The monoisotopic (exact) mass is 386 g/mol. The number of rotatable bonds is 4. The Morgan fingerprint density at radius 2 is 1.96 bits per heavy atom. The highest BCUT2D eigenvalue weighted by Crippen LogP contribution is 2.27. The molecule has 1 saturated heterocycles. The highest BCUT2D eigenvalue weighted by molar-refractivity contribution is 7.91. The Hall–Kier alpha value is -2.48. The summed E-state index contributed by atoms with van der Waals surface area (Å²) in [5, 5.41) is 8.68. The lowest BCUT2D eigenvalue weighted by molar-refractivity contribution is 0.370. The van der Waals surface area contributed by atoms with Crippen molar-refractivity contribution in [1.82, 2.24) is 19.9 Å². The lowest BCUT2D eigenvalue weighted by Crippen LogP contribution is -2.27. The molecule has 1 aliphatic heterocycles. The highest BCUT2D eigenvalue weighted by atomic mass is 32.2. The molecule has 1 fully saturated rings. The largest absolute Gasteiger partial charge is 0.361 e. The molecular weight excluding hydrogens is 364 g/mol. The van der Waals surface area contributed by atoms with Crippen LogP contribution < -0.4 is 0 Å². The number of sulfone groups is 1. The van der Waals surface area contributed by atoms with Crippen molar-refractivity contribution in [2.75, 3.05) is 11.5 Å². The van der Waals surface area contributed by atoms with Crippen LogP contribution in [0.5, 0.6) is 0 Å². The molecule has 8 heteroatoms. The first-order valence-electron chi connectivity index (χ1n) is 9.05. The van der Waals surface area contributed by atoms with E-state index in [-0.39, 0.29) is 17.5 Å². The average Bonchev–Trinajstić information content (AvgIpc) is 3.22. The lowest BCUT2D eigenvalue weighted by atomic mass is 10.1. The van der Waals surface area contributed by atoms with Gasteiger partial charge in [-0.15, -0.1) is 0 Å². The molecule has 1 aliphatic rings. The Bertz CT molecular complexity index is 1050. The summed E-state index contributed by atoms with van der Waals surface area (Å²) in [6.07, 6.45) is 1.59. The molecule has 1 aromatic carbocycles. The Morgan fingerprint density at radius 1 is 1.19 bits per heavy atom. The number of nitrogens with zero attached hydrogens (tertiary/aromatic N) is 4. The zero-order valence-corrected chi connectivity index (χ0v) is 16.2. The molecule has 0 aliphatic carbocycles. The maximum atomic E-state index is 11.8. The maximum absolute atomic E-state index is 11.8. The van der Waals surface area contributed by atoms with Gasteiger partial charge in [-0.25, -0.2) is 18.1 Å². The summed E-state index contributed by atoms with van der Waals surface area (Å²) < 4.78 is 30.8. The first-order chi connectivity index (χ1) is 12.9. The summed E-state index contributed by atoms with van der Waals surface area (Å²) >= 11 is 0. The minimum Gasteiger partial charge on any atom is -0.361 e. The molecule has 0 bridgehead atoms. The van der Waals surface area contributed by atoms with E-state index in [1.54, 1.807) is 0 Å². The van der Waals surface area contributed by atoms with E-state index < -0.39 is 9.84 Å². The van der Waals surface area contributed by atoms with Crippen LogP contribution in [0.2, 0.25) is 0 Å². The van der Waals surface area contributed by atoms with Gasteiger partial charge in [-0.1, -0.05) is 28.9 Å². The third-order valence-corrected chi connectivity index (χ3v) is 6.57. The van der Waals surface area contributed by atoms with E-state index in [1.807, 2.05) is 48.9 Å². The molecule has 0 radical (unpaired) electrons. The van der Waals surface area contributed by atoms with E-state index in [4.69, 9.17) is 14.6 Å². The second kappa shape index (κ2) is 6.92. The molecule has 7 nitrogen and oxygen atoms in total. The number of aryl methyl sites for hydroxylation is 2. The van der Waals surface area contributed by atoms with Crippen LogP contribution in [0.4, 0.5) is 0 Å². The van der Waals surface area contributed by atoms with Crippen molar-refractivity contribution >= 4 is 9.84 Å². The van der Waals surface area contributed by atoms with E-state index >= 15 is 0 Å². The molecule has 0 N–H and O–H groups in total. The van der Waals surface area contributed by atoms with Crippen molar-refractivity contribution in [2.24, 2.45) is 0 Å².